The largest absolute Gasteiger partial charge is 0.497 e. The third-order valence-corrected chi connectivity index (χ3v) is 4.40. The van der Waals surface area contributed by atoms with Crippen molar-refractivity contribution in [1.29, 1.82) is 0 Å². The molecule has 1 heterocycles. The molecule has 0 saturated heterocycles. The summed E-state index contributed by atoms with van der Waals surface area (Å²) in [5.74, 6) is 1.38. The Morgan fingerprint density at radius 2 is 2.04 bits per heavy atom. The molecule has 0 bridgehead atoms. The Bertz CT molecular complexity index is 911. The van der Waals surface area contributed by atoms with E-state index in [4.69, 9.17) is 20.8 Å². The minimum absolute atomic E-state index is 0.0665. The maximum Gasteiger partial charge on any atom is 0.247 e. The molecular weight excluding hydrogens is 366 g/mol. The molecule has 0 atom stereocenters. The SMILES string of the molecule is COc1cccc(-c2nnc(CNC(=O)CCCc3ccccc3Cl)o2)c1. The van der Waals surface area contributed by atoms with Gasteiger partial charge in [0.25, 0.3) is 0 Å². The summed E-state index contributed by atoms with van der Waals surface area (Å²) >= 11 is 6.12. The summed E-state index contributed by atoms with van der Waals surface area (Å²) in [7, 11) is 1.60. The number of hydrogen-bond acceptors (Lipinski definition) is 5. The highest BCUT2D eigenvalue weighted by Crippen LogP contribution is 2.22. The van der Waals surface area contributed by atoms with E-state index in [0.717, 1.165) is 22.6 Å². The molecule has 0 aliphatic rings. The van der Waals surface area contributed by atoms with Gasteiger partial charge in [0.05, 0.1) is 13.7 Å². The summed E-state index contributed by atoms with van der Waals surface area (Å²) < 4.78 is 10.8. The molecule has 6 nitrogen and oxygen atoms in total. The number of rotatable bonds is 8. The first-order valence-electron chi connectivity index (χ1n) is 8.62. The van der Waals surface area contributed by atoms with Gasteiger partial charge >= 0.3 is 0 Å². The zero-order valence-corrected chi connectivity index (χ0v) is 15.7. The molecule has 3 aromatic rings. The van der Waals surface area contributed by atoms with Gasteiger partial charge in [-0.1, -0.05) is 35.9 Å². The summed E-state index contributed by atoms with van der Waals surface area (Å²) in [5, 5.41) is 11.5. The summed E-state index contributed by atoms with van der Waals surface area (Å²) in [6, 6.07) is 15.0. The number of ether oxygens (including phenoxy) is 1. The van der Waals surface area contributed by atoms with Crippen molar-refractivity contribution in [3.05, 3.63) is 65.0 Å². The van der Waals surface area contributed by atoms with Crippen LogP contribution in [0.4, 0.5) is 0 Å². The van der Waals surface area contributed by atoms with Crippen LogP contribution < -0.4 is 10.1 Å². The van der Waals surface area contributed by atoms with Crippen LogP contribution in [0.2, 0.25) is 5.02 Å². The quantitative estimate of drug-likeness (QED) is 0.633. The number of aryl methyl sites for hydroxylation is 1. The maximum absolute atomic E-state index is 12.0. The van der Waals surface area contributed by atoms with Gasteiger partial charge in [-0.15, -0.1) is 10.2 Å². The summed E-state index contributed by atoms with van der Waals surface area (Å²) in [6.07, 6.45) is 1.88. The molecule has 7 heteroatoms. The monoisotopic (exact) mass is 385 g/mol. The molecule has 0 fully saturated rings. The molecular formula is C20H20ClN3O3. The average molecular weight is 386 g/mol. The van der Waals surface area contributed by atoms with Crippen LogP contribution in [0, 0.1) is 0 Å². The van der Waals surface area contributed by atoms with Gasteiger partial charge in [-0.05, 0) is 42.7 Å². The molecule has 1 aromatic heterocycles. The third kappa shape index (κ3) is 5.31. The van der Waals surface area contributed by atoms with Crippen LogP contribution in [0.3, 0.4) is 0 Å². The van der Waals surface area contributed by atoms with Gasteiger partial charge in [0, 0.05) is 17.0 Å². The van der Waals surface area contributed by atoms with Gasteiger partial charge in [-0.3, -0.25) is 4.79 Å². The van der Waals surface area contributed by atoms with E-state index in [0.29, 0.717) is 30.4 Å². The molecule has 0 saturated carbocycles. The predicted octanol–water partition coefficient (Wildman–Crippen LogP) is 4.04. The molecule has 27 heavy (non-hydrogen) atoms. The third-order valence-electron chi connectivity index (χ3n) is 4.03. The number of carbonyl (C=O) groups excluding carboxylic acids is 1. The second-order valence-corrected chi connectivity index (χ2v) is 6.36. The fourth-order valence-corrected chi connectivity index (χ4v) is 2.83. The van der Waals surface area contributed by atoms with E-state index in [1.54, 1.807) is 7.11 Å². The highest BCUT2D eigenvalue weighted by atomic mass is 35.5. The maximum atomic E-state index is 12.0. The molecule has 0 unspecified atom stereocenters. The van der Waals surface area contributed by atoms with E-state index in [-0.39, 0.29) is 12.5 Å². The minimum Gasteiger partial charge on any atom is -0.497 e. The fourth-order valence-electron chi connectivity index (χ4n) is 2.60. The zero-order valence-electron chi connectivity index (χ0n) is 14.9. The summed E-state index contributed by atoms with van der Waals surface area (Å²) in [5.41, 5.74) is 1.81. The molecule has 0 aliphatic heterocycles. The van der Waals surface area contributed by atoms with Gasteiger partial charge in [-0.25, -0.2) is 0 Å². The Morgan fingerprint density at radius 1 is 1.19 bits per heavy atom. The molecule has 0 aliphatic carbocycles. The first-order chi connectivity index (χ1) is 13.2. The van der Waals surface area contributed by atoms with Gasteiger partial charge < -0.3 is 14.5 Å². The van der Waals surface area contributed by atoms with Crippen molar-refractivity contribution < 1.29 is 13.9 Å². The Kier molecular flexibility index (Phi) is 6.44. The first kappa shape index (κ1) is 18.9. The number of nitrogens with one attached hydrogen (secondary N) is 1. The standard InChI is InChI=1S/C20H20ClN3O3/c1-26-16-9-4-8-15(12-16)20-24-23-19(27-20)13-22-18(25)11-5-7-14-6-2-3-10-17(14)21/h2-4,6,8-10,12H,5,7,11,13H2,1H3,(H,22,25). The minimum atomic E-state index is -0.0665. The van der Waals surface area contributed by atoms with E-state index in [2.05, 4.69) is 15.5 Å². The van der Waals surface area contributed by atoms with Crippen molar-refractivity contribution in [2.24, 2.45) is 0 Å². The van der Waals surface area contributed by atoms with Crippen LogP contribution in [0.1, 0.15) is 24.3 Å². The van der Waals surface area contributed by atoms with Crippen LogP contribution in [-0.2, 0) is 17.8 Å². The lowest BCUT2D eigenvalue weighted by Gasteiger charge is -2.04. The average Bonchev–Trinajstić information content (AvgIpc) is 3.17. The first-order valence-corrected chi connectivity index (χ1v) is 9.00. The number of amides is 1. The molecule has 1 amide bonds. The number of benzene rings is 2. The number of hydrogen-bond donors (Lipinski definition) is 1. The topological polar surface area (TPSA) is 77.3 Å². The number of aromatic nitrogens is 2. The van der Waals surface area contributed by atoms with E-state index < -0.39 is 0 Å². The van der Waals surface area contributed by atoms with Crippen LogP contribution in [0.25, 0.3) is 11.5 Å². The Labute approximate surface area is 162 Å². The fraction of sp³-hybridized carbons (Fsp3) is 0.250. The van der Waals surface area contributed by atoms with Gasteiger partial charge in [0.1, 0.15) is 5.75 Å². The number of nitrogens with zero attached hydrogens (tertiary/aromatic N) is 2. The van der Waals surface area contributed by atoms with E-state index >= 15 is 0 Å². The summed E-state index contributed by atoms with van der Waals surface area (Å²) in [6.45, 7) is 0.196. The van der Waals surface area contributed by atoms with Crippen LogP contribution in [0.5, 0.6) is 5.75 Å². The van der Waals surface area contributed by atoms with E-state index in [1.807, 2.05) is 48.5 Å². The molecule has 3 rings (SSSR count). The second-order valence-electron chi connectivity index (χ2n) is 5.95. The molecule has 140 valence electrons. The number of halogens is 1. The lowest BCUT2D eigenvalue weighted by molar-refractivity contribution is -0.121. The number of carbonyl (C=O) groups is 1. The molecule has 2 aromatic carbocycles. The van der Waals surface area contributed by atoms with Crippen molar-refractivity contribution in [2.45, 2.75) is 25.8 Å². The summed E-state index contributed by atoms with van der Waals surface area (Å²) in [4.78, 5) is 12.0. The molecule has 0 radical (unpaired) electrons. The Hall–Kier alpha value is -2.86. The smallest absolute Gasteiger partial charge is 0.247 e. The van der Waals surface area contributed by atoms with Gasteiger partial charge in [0.15, 0.2) is 0 Å². The van der Waals surface area contributed by atoms with E-state index in [9.17, 15) is 4.79 Å². The Balaban J connectivity index is 1.46. The lowest BCUT2D eigenvalue weighted by Crippen LogP contribution is -2.22. The predicted molar refractivity (Wildman–Crippen MR) is 103 cm³/mol. The Morgan fingerprint density at radius 3 is 2.85 bits per heavy atom. The van der Waals surface area contributed by atoms with Crippen molar-refractivity contribution in [2.75, 3.05) is 7.11 Å². The van der Waals surface area contributed by atoms with Crippen molar-refractivity contribution in [3.63, 3.8) is 0 Å². The van der Waals surface area contributed by atoms with Crippen LogP contribution >= 0.6 is 11.6 Å². The molecule has 0 spiro atoms. The van der Waals surface area contributed by atoms with Gasteiger partial charge in [0.2, 0.25) is 17.7 Å². The zero-order chi connectivity index (χ0) is 19.1. The van der Waals surface area contributed by atoms with Crippen LogP contribution in [0.15, 0.2) is 52.9 Å². The van der Waals surface area contributed by atoms with Gasteiger partial charge in [-0.2, -0.15) is 0 Å². The van der Waals surface area contributed by atoms with Crippen molar-refractivity contribution in [1.82, 2.24) is 15.5 Å². The molecule has 1 N–H and O–H groups in total. The van der Waals surface area contributed by atoms with Crippen LogP contribution in [-0.4, -0.2) is 23.2 Å². The highest BCUT2D eigenvalue weighted by Gasteiger charge is 2.11. The lowest BCUT2D eigenvalue weighted by atomic mass is 10.1. The van der Waals surface area contributed by atoms with E-state index in [1.165, 1.54) is 0 Å². The van der Waals surface area contributed by atoms with Crippen molar-refractivity contribution >= 4 is 17.5 Å². The van der Waals surface area contributed by atoms with Crippen molar-refractivity contribution in [3.8, 4) is 17.2 Å². The second kappa shape index (κ2) is 9.19. The highest BCUT2D eigenvalue weighted by molar-refractivity contribution is 6.31. The number of methoxy groups -OCH3 is 1. The normalized spacial score (nSPS) is 10.6.